The van der Waals surface area contributed by atoms with E-state index in [0.29, 0.717) is 13.0 Å². The van der Waals surface area contributed by atoms with Crippen LogP contribution in [0.1, 0.15) is 12.8 Å². The summed E-state index contributed by atoms with van der Waals surface area (Å²) in [6.07, 6.45) is 0.708. The summed E-state index contributed by atoms with van der Waals surface area (Å²) in [7, 11) is 0. The predicted octanol–water partition coefficient (Wildman–Crippen LogP) is -0.423. The molecule has 0 saturated carbocycles. The second-order valence-electron chi connectivity index (χ2n) is 2.40. The molecule has 1 saturated heterocycles. The Bertz CT molecular complexity index is 137. The van der Waals surface area contributed by atoms with Crippen molar-refractivity contribution in [2.24, 2.45) is 5.73 Å². The maximum absolute atomic E-state index is 10.3. The smallest absolute Gasteiger partial charge is 0.332 e. The summed E-state index contributed by atoms with van der Waals surface area (Å²) in [4.78, 5) is 10.3. The van der Waals surface area contributed by atoms with Gasteiger partial charge in [-0.15, -0.1) is 0 Å². The molecule has 0 aromatic carbocycles. The molecule has 58 valence electrons. The fourth-order valence-corrected chi connectivity index (χ4v) is 1.06. The molecule has 1 aliphatic rings. The molecule has 3 N–H and O–H groups in total. The van der Waals surface area contributed by atoms with Crippen LogP contribution in [0, 0.1) is 0 Å². The van der Waals surface area contributed by atoms with Crippen LogP contribution in [0.4, 0.5) is 0 Å². The van der Waals surface area contributed by atoms with Crippen LogP contribution in [0.3, 0.4) is 0 Å². The van der Waals surface area contributed by atoms with Crippen LogP contribution < -0.4 is 5.73 Å². The van der Waals surface area contributed by atoms with Gasteiger partial charge in [-0.3, -0.25) is 0 Å². The van der Waals surface area contributed by atoms with E-state index < -0.39 is 12.1 Å². The van der Waals surface area contributed by atoms with E-state index in [0.717, 1.165) is 6.42 Å². The molecule has 0 aromatic heterocycles. The van der Waals surface area contributed by atoms with Crippen molar-refractivity contribution in [1.82, 2.24) is 0 Å². The maximum Gasteiger partial charge on any atom is 0.332 e. The minimum Gasteiger partial charge on any atom is -0.479 e. The third-order valence-electron chi connectivity index (χ3n) is 1.65. The summed E-state index contributed by atoms with van der Waals surface area (Å²) < 4.78 is 5.05. The van der Waals surface area contributed by atoms with Gasteiger partial charge < -0.3 is 15.6 Å². The zero-order chi connectivity index (χ0) is 7.56. The summed E-state index contributed by atoms with van der Waals surface area (Å²) in [5.41, 5.74) is 5.28. The minimum absolute atomic E-state index is 0.0406. The molecular weight excluding hydrogens is 134 g/mol. The molecule has 1 aliphatic heterocycles. The molecule has 0 aromatic rings. The lowest BCUT2D eigenvalue weighted by molar-refractivity contribution is -0.149. The molecule has 0 aliphatic carbocycles. The SMILES string of the molecule is NC[C@@H]1CC[C@@H](C(=O)O)O1. The first kappa shape index (κ1) is 7.50. The standard InChI is InChI=1S/C6H11NO3/c7-3-4-1-2-5(10-4)6(8)9/h4-5H,1-3,7H2,(H,8,9)/t4-,5-/m0/s1. The van der Waals surface area contributed by atoms with Crippen molar-refractivity contribution in [3.63, 3.8) is 0 Å². The number of carboxylic acids is 1. The first-order valence-corrected chi connectivity index (χ1v) is 3.32. The van der Waals surface area contributed by atoms with Crippen LogP contribution in [0.2, 0.25) is 0 Å². The Kier molecular flexibility index (Phi) is 2.24. The van der Waals surface area contributed by atoms with Crippen LogP contribution in [0.15, 0.2) is 0 Å². The van der Waals surface area contributed by atoms with Gasteiger partial charge in [0, 0.05) is 6.54 Å². The number of hydrogen-bond acceptors (Lipinski definition) is 3. The number of carboxylic acid groups (broad SMARTS) is 1. The largest absolute Gasteiger partial charge is 0.479 e. The third-order valence-corrected chi connectivity index (χ3v) is 1.65. The number of ether oxygens (including phenoxy) is 1. The van der Waals surface area contributed by atoms with Crippen molar-refractivity contribution in [3.8, 4) is 0 Å². The Morgan fingerprint density at radius 1 is 1.70 bits per heavy atom. The van der Waals surface area contributed by atoms with E-state index in [2.05, 4.69) is 0 Å². The lowest BCUT2D eigenvalue weighted by atomic mass is 10.2. The quantitative estimate of drug-likeness (QED) is 0.553. The highest BCUT2D eigenvalue weighted by molar-refractivity contribution is 5.72. The average Bonchev–Trinajstić information content (AvgIpc) is 2.34. The molecule has 0 bridgehead atoms. The van der Waals surface area contributed by atoms with Gasteiger partial charge in [0.05, 0.1) is 6.10 Å². The number of nitrogens with two attached hydrogens (primary N) is 1. The minimum atomic E-state index is -0.879. The average molecular weight is 145 g/mol. The Hall–Kier alpha value is -0.610. The fraction of sp³-hybridized carbons (Fsp3) is 0.833. The number of aliphatic carboxylic acids is 1. The van der Waals surface area contributed by atoms with Crippen LogP contribution in [0.5, 0.6) is 0 Å². The fourth-order valence-electron chi connectivity index (χ4n) is 1.06. The van der Waals surface area contributed by atoms with E-state index in [1.54, 1.807) is 0 Å². The molecule has 1 fully saturated rings. The summed E-state index contributed by atoms with van der Waals surface area (Å²) in [6, 6.07) is 0. The number of hydrogen-bond donors (Lipinski definition) is 2. The first-order chi connectivity index (χ1) is 4.74. The van der Waals surface area contributed by atoms with Gasteiger partial charge in [-0.2, -0.15) is 0 Å². The monoisotopic (exact) mass is 145 g/mol. The summed E-state index contributed by atoms with van der Waals surface area (Å²) in [5, 5.41) is 8.46. The summed E-state index contributed by atoms with van der Waals surface area (Å²) in [6.45, 7) is 0.420. The number of carbonyl (C=O) groups is 1. The van der Waals surface area contributed by atoms with Gasteiger partial charge in [-0.25, -0.2) is 4.79 Å². The van der Waals surface area contributed by atoms with Gasteiger partial charge in [0.1, 0.15) is 0 Å². The van der Waals surface area contributed by atoms with Gasteiger partial charge >= 0.3 is 5.97 Å². The van der Waals surface area contributed by atoms with Gasteiger partial charge in [-0.05, 0) is 12.8 Å². The molecule has 4 nitrogen and oxygen atoms in total. The van der Waals surface area contributed by atoms with Gasteiger partial charge in [0.25, 0.3) is 0 Å². The molecule has 1 rings (SSSR count). The Morgan fingerprint density at radius 3 is 2.70 bits per heavy atom. The van der Waals surface area contributed by atoms with Gasteiger partial charge in [-0.1, -0.05) is 0 Å². The molecular formula is C6H11NO3. The van der Waals surface area contributed by atoms with Crippen molar-refractivity contribution < 1.29 is 14.6 Å². The normalized spacial score (nSPS) is 32.5. The first-order valence-electron chi connectivity index (χ1n) is 3.32. The Labute approximate surface area is 59.0 Å². The second kappa shape index (κ2) is 2.98. The van der Waals surface area contributed by atoms with Crippen LogP contribution >= 0.6 is 0 Å². The van der Waals surface area contributed by atoms with E-state index in [9.17, 15) is 4.79 Å². The van der Waals surface area contributed by atoms with E-state index in [1.165, 1.54) is 0 Å². The molecule has 10 heavy (non-hydrogen) atoms. The molecule has 4 heteroatoms. The van der Waals surface area contributed by atoms with Crippen molar-refractivity contribution in [2.75, 3.05) is 6.54 Å². The lowest BCUT2D eigenvalue weighted by Crippen LogP contribution is -2.24. The van der Waals surface area contributed by atoms with E-state index >= 15 is 0 Å². The van der Waals surface area contributed by atoms with Gasteiger partial charge in [0.2, 0.25) is 0 Å². The van der Waals surface area contributed by atoms with Crippen LogP contribution in [0.25, 0.3) is 0 Å². The Balaban J connectivity index is 2.35. The highest BCUT2D eigenvalue weighted by atomic mass is 16.5. The van der Waals surface area contributed by atoms with Crippen molar-refractivity contribution in [1.29, 1.82) is 0 Å². The summed E-state index contributed by atoms with van der Waals surface area (Å²) >= 11 is 0. The molecule has 0 unspecified atom stereocenters. The van der Waals surface area contributed by atoms with Gasteiger partial charge in [0.15, 0.2) is 6.10 Å². The number of rotatable bonds is 2. The topological polar surface area (TPSA) is 72.6 Å². The molecule has 0 radical (unpaired) electrons. The van der Waals surface area contributed by atoms with E-state index in [-0.39, 0.29) is 6.10 Å². The van der Waals surface area contributed by atoms with Crippen LogP contribution in [-0.2, 0) is 9.53 Å². The molecule has 1 heterocycles. The van der Waals surface area contributed by atoms with Crippen molar-refractivity contribution in [2.45, 2.75) is 25.0 Å². The predicted molar refractivity (Wildman–Crippen MR) is 34.6 cm³/mol. The molecule has 0 amide bonds. The van der Waals surface area contributed by atoms with Crippen LogP contribution in [-0.4, -0.2) is 29.8 Å². The van der Waals surface area contributed by atoms with Crippen molar-refractivity contribution >= 4 is 5.97 Å². The summed E-state index contributed by atoms with van der Waals surface area (Å²) in [5.74, 6) is -0.879. The third kappa shape index (κ3) is 1.46. The second-order valence-corrected chi connectivity index (χ2v) is 2.40. The van der Waals surface area contributed by atoms with Crippen molar-refractivity contribution in [3.05, 3.63) is 0 Å². The maximum atomic E-state index is 10.3. The zero-order valence-electron chi connectivity index (χ0n) is 5.62. The highest BCUT2D eigenvalue weighted by Crippen LogP contribution is 2.18. The lowest BCUT2D eigenvalue weighted by Gasteiger charge is -2.06. The zero-order valence-corrected chi connectivity index (χ0v) is 5.62. The van der Waals surface area contributed by atoms with E-state index in [4.69, 9.17) is 15.6 Å². The highest BCUT2D eigenvalue weighted by Gasteiger charge is 2.29. The molecule has 0 spiro atoms. The Morgan fingerprint density at radius 2 is 2.40 bits per heavy atom. The van der Waals surface area contributed by atoms with E-state index in [1.807, 2.05) is 0 Å². The molecule has 2 atom stereocenters.